The fourth-order valence-corrected chi connectivity index (χ4v) is 2.43. The SMILES string of the molecule is CNC(Cc1cccc(Br)c1)c1ccnn1C. The molecule has 17 heavy (non-hydrogen) atoms. The minimum atomic E-state index is 0.289. The Kier molecular flexibility index (Phi) is 3.97. The van der Waals surface area contributed by atoms with E-state index in [1.807, 2.05) is 31.0 Å². The first-order chi connectivity index (χ1) is 8.20. The molecule has 1 aromatic heterocycles. The van der Waals surface area contributed by atoms with Crippen molar-refractivity contribution in [3.63, 3.8) is 0 Å². The van der Waals surface area contributed by atoms with Crippen LogP contribution in [0.25, 0.3) is 0 Å². The fourth-order valence-electron chi connectivity index (χ4n) is 1.98. The minimum Gasteiger partial charge on any atom is -0.311 e. The summed E-state index contributed by atoms with van der Waals surface area (Å²) in [5, 5.41) is 7.55. The number of aryl methyl sites for hydroxylation is 1. The monoisotopic (exact) mass is 293 g/mol. The van der Waals surface area contributed by atoms with Gasteiger partial charge >= 0.3 is 0 Å². The summed E-state index contributed by atoms with van der Waals surface area (Å²) in [6.45, 7) is 0. The maximum absolute atomic E-state index is 4.21. The predicted molar refractivity (Wildman–Crippen MR) is 72.9 cm³/mol. The molecule has 0 fully saturated rings. The maximum atomic E-state index is 4.21. The van der Waals surface area contributed by atoms with E-state index in [1.54, 1.807) is 0 Å². The number of likely N-dealkylation sites (N-methyl/N-ethyl adjacent to an activating group) is 1. The Hall–Kier alpha value is -1.13. The van der Waals surface area contributed by atoms with Crippen LogP contribution in [0.4, 0.5) is 0 Å². The molecular weight excluding hydrogens is 278 g/mol. The molecule has 0 saturated carbocycles. The van der Waals surface area contributed by atoms with E-state index in [4.69, 9.17) is 0 Å². The van der Waals surface area contributed by atoms with Gasteiger partial charge in [0.2, 0.25) is 0 Å². The zero-order chi connectivity index (χ0) is 12.3. The molecule has 2 aromatic rings. The molecule has 0 aliphatic carbocycles. The number of nitrogens with zero attached hydrogens (tertiary/aromatic N) is 2. The van der Waals surface area contributed by atoms with Gasteiger partial charge in [0.15, 0.2) is 0 Å². The van der Waals surface area contributed by atoms with Crippen molar-refractivity contribution in [1.29, 1.82) is 0 Å². The van der Waals surface area contributed by atoms with Gasteiger partial charge in [-0.3, -0.25) is 4.68 Å². The van der Waals surface area contributed by atoms with Gasteiger partial charge < -0.3 is 5.32 Å². The molecule has 1 N–H and O–H groups in total. The van der Waals surface area contributed by atoms with Gasteiger partial charge in [0.05, 0.1) is 11.7 Å². The smallest absolute Gasteiger partial charge is 0.0553 e. The summed E-state index contributed by atoms with van der Waals surface area (Å²) in [6.07, 6.45) is 2.79. The summed E-state index contributed by atoms with van der Waals surface area (Å²) < 4.78 is 3.04. The second kappa shape index (κ2) is 5.47. The second-order valence-corrected chi connectivity index (χ2v) is 4.97. The molecule has 1 unspecified atom stereocenters. The molecule has 0 spiro atoms. The molecule has 3 nitrogen and oxygen atoms in total. The van der Waals surface area contributed by atoms with Crippen LogP contribution >= 0.6 is 15.9 Å². The molecule has 0 aliphatic rings. The van der Waals surface area contributed by atoms with Crippen molar-refractivity contribution in [2.75, 3.05) is 7.05 Å². The summed E-state index contributed by atoms with van der Waals surface area (Å²) in [5.41, 5.74) is 2.51. The summed E-state index contributed by atoms with van der Waals surface area (Å²) in [7, 11) is 3.95. The third kappa shape index (κ3) is 2.96. The van der Waals surface area contributed by atoms with E-state index < -0.39 is 0 Å². The molecule has 0 bridgehead atoms. The van der Waals surface area contributed by atoms with Gasteiger partial charge in [0.1, 0.15) is 0 Å². The van der Waals surface area contributed by atoms with Gasteiger partial charge in [-0.1, -0.05) is 28.1 Å². The molecule has 0 aliphatic heterocycles. The molecule has 1 atom stereocenters. The van der Waals surface area contributed by atoms with E-state index in [2.05, 4.69) is 50.6 Å². The average Bonchev–Trinajstić information content (AvgIpc) is 2.72. The number of hydrogen-bond acceptors (Lipinski definition) is 2. The highest BCUT2D eigenvalue weighted by molar-refractivity contribution is 9.10. The summed E-state index contributed by atoms with van der Waals surface area (Å²) in [4.78, 5) is 0. The lowest BCUT2D eigenvalue weighted by Gasteiger charge is -2.16. The molecule has 4 heteroatoms. The van der Waals surface area contributed by atoms with Crippen LogP contribution in [0.15, 0.2) is 41.0 Å². The van der Waals surface area contributed by atoms with Crippen molar-refractivity contribution in [1.82, 2.24) is 15.1 Å². The predicted octanol–water partition coefficient (Wildman–Crippen LogP) is 2.69. The van der Waals surface area contributed by atoms with E-state index in [0.29, 0.717) is 0 Å². The van der Waals surface area contributed by atoms with Crippen molar-refractivity contribution in [2.45, 2.75) is 12.5 Å². The molecule has 2 rings (SSSR count). The highest BCUT2D eigenvalue weighted by atomic mass is 79.9. The van der Waals surface area contributed by atoms with Crippen molar-refractivity contribution >= 4 is 15.9 Å². The van der Waals surface area contributed by atoms with Crippen LogP contribution in [0.1, 0.15) is 17.3 Å². The van der Waals surface area contributed by atoms with Crippen molar-refractivity contribution in [2.24, 2.45) is 7.05 Å². The van der Waals surface area contributed by atoms with E-state index in [0.717, 1.165) is 10.9 Å². The first kappa shape index (κ1) is 12.3. The number of aromatic nitrogens is 2. The van der Waals surface area contributed by atoms with Gasteiger partial charge in [-0.15, -0.1) is 0 Å². The van der Waals surface area contributed by atoms with Gasteiger partial charge in [-0.2, -0.15) is 5.10 Å². The average molecular weight is 294 g/mol. The molecule has 0 amide bonds. The molecule has 1 aromatic carbocycles. The first-order valence-electron chi connectivity index (χ1n) is 5.60. The van der Waals surface area contributed by atoms with E-state index in [1.165, 1.54) is 11.3 Å². The van der Waals surface area contributed by atoms with Crippen molar-refractivity contribution < 1.29 is 0 Å². The lowest BCUT2D eigenvalue weighted by Crippen LogP contribution is -2.21. The number of nitrogens with one attached hydrogen (secondary N) is 1. The fraction of sp³-hybridized carbons (Fsp3) is 0.308. The van der Waals surface area contributed by atoms with Crippen LogP contribution in [-0.4, -0.2) is 16.8 Å². The summed E-state index contributed by atoms with van der Waals surface area (Å²) >= 11 is 3.50. The number of benzene rings is 1. The van der Waals surface area contributed by atoms with E-state index in [9.17, 15) is 0 Å². The quantitative estimate of drug-likeness (QED) is 0.939. The third-order valence-electron chi connectivity index (χ3n) is 2.89. The number of halogens is 1. The van der Waals surface area contributed by atoms with Crippen molar-refractivity contribution in [3.05, 3.63) is 52.3 Å². The van der Waals surface area contributed by atoms with Gasteiger partial charge in [-0.25, -0.2) is 0 Å². The minimum absolute atomic E-state index is 0.289. The van der Waals surface area contributed by atoms with Crippen LogP contribution in [0.2, 0.25) is 0 Å². The Labute approximate surface area is 110 Å². The first-order valence-corrected chi connectivity index (χ1v) is 6.39. The lowest BCUT2D eigenvalue weighted by atomic mass is 10.0. The molecular formula is C13H16BrN3. The Morgan fingerprint density at radius 3 is 2.82 bits per heavy atom. The Balaban J connectivity index is 2.19. The highest BCUT2D eigenvalue weighted by Gasteiger charge is 2.13. The van der Waals surface area contributed by atoms with Gasteiger partial charge in [-0.05, 0) is 37.2 Å². The molecule has 1 heterocycles. The van der Waals surface area contributed by atoms with Crippen LogP contribution in [0, 0.1) is 0 Å². The standard InChI is InChI=1S/C13H16BrN3/c1-15-12(13-6-7-16-17(13)2)9-10-4-3-5-11(14)8-10/h3-8,12,15H,9H2,1-2H3. The lowest BCUT2D eigenvalue weighted by molar-refractivity contribution is 0.537. The zero-order valence-electron chi connectivity index (χ0n) is 10.0. The molecule has 0 saturated heterocycles. The largest absolute Gasteiger partial charge is 0.311 e. The van der Waals surface area contributed by atoms with Crippen LogP contribution in [-0.2, 0) is 13.5 Å². The number of rotatable bonds is 4. The van der Waals surface area contributed by atoms with Gasteiger partial charge in [0, 0.05) is 17.7 Å². The Bertz CT molecular complexity index is 493. The Morgan fingerprint density at radius 2 is 2.24 bits per heavy atom. The zero-order valence-corrected chi connectivity index (χ0v) is 11.6. The summed E-state index contributed by atoms with van der Waals surface area (Å²) in [6, 6.07) is 10.7. The third-order valence-corrected chi connectivity index (χ3v) is 3.39. The topological polar surface area (TPSA) is 29.9 Å². The Morgan fingerprint density at radius 1 is 1.41 bits per heavy atom. The maximum Gasteiger partial charge on any atom is 0.0553 e. The van der Waals surface area contributed by atoms with Crippen molar-refractivity contribution in [3.8, 4) is 0 Å². The van der Waals surface area contributed by atoms with Crippen LogP contribution in [0.5, 0.6) is 0 Å². The van der Waals surface area contributed by atoms with Crippen LogP contribution < -0.4 is 5.32 Å². The van der Waals surface area contributed by atoms with E-state index >= 15 is 0 Å². The normalized spacial score (nSPS) is 12.6. The summed E-state index contributed by atoms with van der Waals surface area (Å²) in [5.74, 6) is 0. The molecule has 0 radical (unpaired) electrons. The highest BCUT2D eigenvalue weighted by Crippen LogP contribution is 2.19. The van der Waals surface area contributed by atoms with Gasteiger partial charge in [0.25, 0.3) is 0 Å². The van der Waals surface area contributed by atoms with E-state index in [-0.39, 0.29) is 6.04 Å². The molecule has 90 valence electrons. The number of hydrogen-bond donors (Lipinski definition) is 1. The second-order valence-electron chi connectivity index (χ2n) is 4.05. The van der Waals surface area contributed by atoms with Crippen LogP contribution in [0.3, 0.4) is 0 Å².